The van der Waals surface area contributed by atoms with Gasteiger partial charge in [-0.2, -0.15) is 0 Å². The lowest BCUT2D eigenvalue weighted by atomic mass is 10.1. The molecule has 0 radical (unpaired) electrons. The summed E-state index contributed by atoms with van der Waals surface area (Å²) in [6.07, 6.45) is 1.80. The van der Waals surface area contributed by atoms with Crippen LogP contribution in [0.5, 0.6) is 5.75 Å². The van der Waals surface area contributed by atoms with Crippen molar-refractivity contribution < 1.29 is 14.3 Å². The van der Waals surface area contributed by atoms with Crippen LogP contribution in [0.15, 0.2) is 76.5 Å². The Morgan fingerprint density at radius 2 is 1.88 bits per heavy atom. The molecule has 1 N–H and O–H groups in total. The molecule has 0 atom stereocenters. The number of nitrogens with one attached hydrogen (secondary N) is 1. The van der Waals surface area contributed by atoms with Crippen molar-refractivity contribution in [1.29, 1.82) is 0 Å². The number of fused-ring (bicyclic) bond motifs is 1. The van der Waals surface area contributed by atoms with E-state index in [0.29, 0.717) is 27.7 Å². The van der Waals surface area contributed by atoms with Crippen LogP contribution in [0, 0.1) is 0 Å². The number of nitrogens with zero attached hydrogens (tertiary/aromatic N) is 1. The maximum absolute atomic E-state index is 12.9. The van der Waals surface area contributed by atoms with E-state index in [1.54, 1.807) is 43.3 Å². The SMILES string of the molecule is COc1ccc(CNC(=O)c2ccc3c(c2)N(C)C(=O)C(=Cc2ccccc2Cl)S3)cc1. The number of methoxy groups -OCH3 is 1. The van der Waals surface area contributed by atoms with Crippen LogP contribution in [0.1, 0.15) is 21.5 Å². The van der Waals surface area contributed by atoms with Gasteiger partial charge in [-0.05, 0) is 53.6 Å². The van der Waals surface area contributed by atoms with Crippen LogP contribution in [-0.4, -0.2) is 26.0 Å². The minimum absolute atomic E-state index is 0.141. The molecule has 0 spiro atoms. The molecule has 1 aliphatic heterocycles. The summed E-state index contributed by atoms with van der Waals surface area (Å²) in [5, 5.41) is 3.51. The Balaban J connectivity index is 1.51. The number of halogens is 1. The molecular weight excluding hydrogens is 444 g/mol. The first-order chi connectivity index (χ1) is 15.5. The minimum atomic E-state index is -0.202. The van der Waals surface area contributed by atoms with Gasteiger partial charge in [-0.25, -0.2) is 0 Å². The van der Waals surface area contributed by atoms with Crippen molar-refractivity contribution in [2.75, 3.05) is 19.1 Å². The second kappa shape index (κ2) is 9.51. The molecule has 1 aliphatic rings. The van der Waals surface area contributed by atoms with Gasteiger partial charge in [0.1, 0.15) is 5.75 Å². The summed E-state index contributed by atoms with van der Waals surface area (Å²) in [6.45, 7) is 0.397. The molecule has 0 fully saturated rings. The summed E-state index contributed by atoms with van der Waals surface area (Å²) in [4.78, 5) is 28.7. The van der Waals surface area contributed by atoms with Gasteiger partial charge in [0.2, 0.25) is 0 Å². The lowest BCUT2D eigenvalue weighted by molar-refractivity contribution is -0.114. The number of carbonyl (C=O) groups is 2. The Kier molecular flexibility index (Phi) is 6.53. The van der Waals surface area contributed by atoms with E-state index in [1.807, 2.05) is 48.5 Å². The fourth-order valence-electron chi connectivity index (χ4n) is 3.30. The van der Waals surface area contributed by atoms with Gasteiger partial charge < -0.3 is 15.0 Å². The monoisotopic (exact) mass is 464 g/mol. The first kappa shape index (κ1) is 22.0. The van der Waals surface area contributed by atoms with Gasteiger partial charge in [0.15, 0.2) is 0 Å². The number of anilines is 1. The summed E-state index contributed by atoms with van der Waals surface area (Å²) in [5.41, 5.74) is 2.95. The molecule has 5 nitrogen and oxygen atoms in total. The highest BCUT2D eigenvalue weighted by molar-refractivity contribution is 8.04. The molecule has 7 heteroatoms. The van der Waals surface area contributed by atoms with Gasteiger partial charge >= 0.3 is 0 Å². The van der Waals surface area contributed by atoms with Crippen LogP contribution in [0.3, 0.4) is 0 Å². The number of thioether (sulfide) groups is 1. The Bertz CT molecular complexity index is 1210. The third-order valence-corrected chi connectivity index (χ3v) is 6.54. The first-order valence-electron chi connectivity index (χ1n) is 9.93. The zero-order chi connectivity index (χ0) is 22.7. The fraction of sp³-hybridized carbons (Fsp3) is 0.120. The molecule has 3 aromatic rings. The van der Waals surface area contributed by atoms with Crippen LogP contribution in [-0.2, 0) is 11.3 Å². The summed E-state index contributed by atoms with van der Waals surface area (Å²) in [5.74, 6) is 0.424. The topological polar surface area (TPSA) is 58.6 Å². The molecule has 0 saturated carbocycles. The Labute approximate surface area is 196 Å². The Morgan fingerprint density at radius 1 is 1.12 bits per heavy atom. The highest BCUT2D eigenvalue weighted by Crippen LogP contribution is 2.42. The summed E-state index contributed by atoms with van der Waals surface area (Å²) in [7, 11) is 3.32. The van der Waals surface area contributed by atoms with E-state index in [2.05, 4.69) is 5.32 Å². The van der Waals surface area contributed by atoms with Crippen LogP contribution in [0.4, 0.5) is 5.69 Å². The van der Waals surface area contributed by atoms with Crippen LogP contribution >= 0.6 is 23.4 Å². The number of carbonyl (C=O) groups excluding carboxylic acids is 2. The molecule has 4 rings (SSSR count). The van der Waals surface area contributed by atoms with Crippen molar-refractivity contribution in [3.8, 4) is 5.75 Å². The summed E-state index contributed by atoms with van der Waals surface area (Å²) in [6, 6.07) is 20.3. The van der Waals surface area contributed by atoms with Crippen LogP contribution in [0.25, 0.3) is 6.08 Å². The van der Waals surface area contributed by atoms with Gasteiger partial charge in [0.25, 0.3) is 11.8 Å². The van der Waals surface area contributed by atoms with Crippen molar-refractivity contribution in [3.05, 3.63) is 93.3 Å². The normalized spacial score (nSPS) is 14.3. The third kappa shape index (κ3) is 4.66. The molecule has 3 aromatic carbocycles. The number of likely N-dealkylation sites (N-methyl/N-ethyl adjacent to an activating group) is 1. The number of amides is 2. The van der Waals surface area contributed by atoms with Crippen LogP contribution in [0.2, 0.25) is 5.02 Å². The molecular formula is C25H21ClN2O3S. The molecule has 32 heavy (non-hydrogen) atoms. The van der Waals surface area contributed by atoms with E-state index in [9.17, 15) is 9.59 Å². The van der Waals surface area contributed by atoms with Gasteiger partial charge in [-0.3, -0.25) is 9.59 Å². The second-order valence-electron chi connectivity index (χ2n) is 7.21. The van der Waals surface area contributed by atoms with Crippen molar-refractivity contribution in [2.45, 2.75) is 11.4 Å². The highest BCUT2D eigenvalue weighted by Gasteiger charge is 2.27. The van der Waals surface area contributed by atoms with Crippen molar-refractivity contribution in [3.63, 3.8) is 0 Å². The zero-order valence-corrected chi connectivity index (χ0v) is 19.2. The van der Waals surface area contributed by atoms with Gasteiger partial charge in [-0.15, -0.1) is 0 Å². The lowest BCUT2D eigenvalue weighted by Crippen LogP contribution is -2.31. The number of benzene rings is 3. The van der Waals surface area contributed by atoms with Crippen molar-refractivity contribution in [1.82, 2.24) is 5.32 Å². The number of ether oxygens (including phenoxy) is 1. The lowest BCUT2D eigenvalue weighted by Gasteiger charge is -2.27. The van der Waals surface area contributed by atoms with E-state index in [0.717, 1.165) is 21.8 Å². The fourth-order valence-corrected chi connectivity index (χ4v) is 4.57. The van der Waals surface area contributed by atoms with Gasteiger partial charge in [0, 0.05) is 29.1 Å². The average Bonchev–Trinajstić information content (AvgIpc) is 2.82. The quantitative estimate of drug-likeness (QED) is 0.514. The number of rotatable bonds is 5. The average molecular weight is 465 g/mol. The molecule has 162 valence electrons. The van der Waals surface area contributed by atoms with Gasteiger partial charge in [0.05, 0.1) is 17.7 Å². The van der Waals surface area contributed by atoms with E-state index >= 15 is 0 Å². The van der Waals surface area contributed by atoms with E-state index < -0.39 is 0 Å². The molecule has 0 saturated heterocycles. The van der Waals surface area contributed by atoms with E-state index in [1.165, 1.54) is 11.8 Å². The molecule has 0 bridgehead atoms. The first-order valence-corrected chi connectivity index (χ1v) is 11.1. The largest absolute Gasteiger partial charge is 0.497 e. The predicted molar refractivity (Wildman–Crippen MR) is 129 cm³/mol. The summed E-state index contributed by atoms with van der Waals surface area (Å²) >= 11 is 7.62. The maximum Gasteiger partial charge on any atom is 0.264 e. The second-order valence-corrected chi connectivity index (χ2v) is 8.70. The number of hydrogen-bond acceptors (Lipinski definition) is 4. The molecule has 0 aliphatic carbocycles. The Morgan fingerprint density at radius 3 is 2.59 bits per heavy atom. The van der Waals surface area contributed by atoms with Gasteiger partial charge in [-0.1, -0.05) is 53.7 Å². The standard InChI is InChI=1S/C25H21ClN2O3S/c1-28-21-13-18(24(29)27-15-16-7-10-19(31-2)11-8-16)9-12-22(21)32-23(25(28)30)14-17-5-3-4-6-20(17)26/h3-14H,15H2,1-2H3,(H,27,29). The smallest absolute Gasteiger partial charge is 0.264 e. The van der Waals surface area contributed by atoms with E-state index in [-0.39, 0.29) is 11.8 Å². The Hall–Kier alpha value is -3.22. The molecule has 0 aromatic heterocycles. The van der Waals surface area contributed by atoms with Crippen molar-refractivity contribution in [2.24, 2.45) is 0 Å². The minimum Gasteiger partial charge on any atom is -0.497 e. The molecule has 1 heterocycles. The highest BCUT2D eigenvalue weighted by atomic mass is 35.5. The van der Waals surface area contributed by atoms with E-state index in [4.69, 9.17) is 16.3 Å². The number of hydrogen-bond donors (Lipinski definition) is 1. The third-order valence-electron chi connectivity index (χ3n) is 5.12. The molecule has 0 unspecified atom stereocenters. The molecule has 2 amide bonds. The maximum atomic E-state index is 12.9. The van der Waals surface area contributed by atoms with Crippen LogP contribution < -0.4 is 15.0 Å². The predicted octanol–water partition coefficient (Wildman–Crippen LogP) is 5.39. The zero-order valence-electron chi connectivity index (χ0n) is 17.6. The summed E-state index contributed by atoms with van der Waals surface area (Å²) < 4.78 is 5.15. The van der Waals surface area contributed by atoms with Crippen molar-refractivity contribution >= 4 is 46.9 Å².